The summed E-state index contributed by atoms with van der Waals surface area (Å²) in [6.45, 7) is 6.52. The maximum Gasteiger partial charge on any atom is 0.269 e. The highest BCUT2D eigenvalue weighted by Gasteiger charge is 2.17. The Morgan fingerprint density at radius 2 is 1.57 bits per heavy atom. The van der Waals surface area contributed by atoms with Crippen LogP contribution in [0.25, 0.3) is 0 Å². The first-order valence-electron chi connectivity index (χ1n) is 9.86. The van der Waals surface area contributed by atoms with Crippen molar-refractivity contribution >= 4 is 17.5 Å². The van der Waals surface area contributed by atoms with Gasteiger partial charge in [-0.25, -0.2) is 0 Å². The molecule has 0 unspecified atom stereocenters. The maximum absolute atomic E-state index is 12.1. The second-order valence-corrected chi connectivity index (χ2v) is 6.97. The molecule has 2 aromatic rings. The van der Waals surface area contributed by atoms with Crippen LogP contribution in [0.2, 0.25) is 0 Å². The molecule has 2 N–H and O–H groups in total. The summed E-state index contributed by atoms with van der Waals surface area (Å²) in [5, 5.41) is 0. The molecule has 1 aliphatic rings. The molecule has 0 radical (unpaired) electrons. The smallest absolute Gasteiger partial charge is 0.269 e. The van der Waals surface area contributed by atoms with Gasteiger partial charge in [0.25, 0.3) is 5.91 Å². The monoisotopic (exact) mass is 380 g/mol. The zero-order valence-electron chi connectivity index (χ0n) is 16.4. The van der Waals surface area contributed by atoms with Gasteiger partial charge >= 0.3 is 0 Å². The number of piperazine rings is 1. The number of carbonyl (C=O) groups is 2. The van der Waals surface area contributed by atoms with Crippen molar-refractivity contribution in [3.63, 3.8) is 0 Å². The number of hydrogen-bond acceptors (Lipinski definition) is 4. The van der Waals surface area contributed by atoms with Gasteiger partial charge in [-0.05, 0) is 36.2 Å². The number of anilines is 1. The minimum atomic E-state index is -0.299. The lowest BCUT2D eigenvalue weighted by atomic mass is 10.1. The van der Waals surface area contributed by atoms with E-state index in [4.69, 9.17) is 0 Å². The van der Waals surface area contributed by atoms with Crippen LogP contribution in [0.3, 0.4) is 0 Å². The summed E-state index contributed by atoms with van der Waals surface area (Å²) in [7, 11) is 0. The van der Waals surface area contributed by atoms with Crippen LogP contribution in [0.5, 0.6) is 0 Å². The second-order valence-electron chi connectivity index (χ2n) is 6.97. The van der Waals surface area contributed by atoms with E-state index in [0.29, 0.717) is 18.5 Å². The summed E-state index contributed by atoms with van der Waals surface area (Å²) in [6.07, 6.45) is 1.29. The van der Waals surface area contributed by atoms with Crippen molar-refractivity contribution in [1.29, 1.82) is 0 Å². The Morgan fingerprint density at radius 1 is 0.893 bits per heavy atom. The Kier molecular flexibility index (Phi) is 7.03. The minimum Gasteiger partial charge on any atom is -0.369 e. The predicted molar refractivity (Wildman–Crippen MR) is 111 cm³/mol. The third kappa shape index (κ3) is 5.57. The quantitative estimate of drug-likeness (QED) is 0.755. The van der Waals surface area contributed by atoms with E-state index in [9.17, 15) is 9.59 Å². The van der Waals surface area contributed by atoms with Crippen LogP contribution >= 0.6 is 0 Å². The molecule has 1 heterocycles. The fraction of sp³-hybridized carbons (Fsp3) is 0.364. The van der Waals surface area contributed by atoms with E-state index in [-0.39, 0.29) is 11.8 Å². The maximum atomic E-state index is 12.1. The number of hydrazine groups is 1. The highest BCUT2D eigenvalue weighted by atomic mass is 16.2. The zero-order chi connectivity index (χ0) is 19.8. The van der Waals surface area contributed by atoms with Crippen molar-refractivity contribution < 1.29 is 9.59 Å². The van der Waals surface area contributed by atoms with Gasteiger partial charge in [0.1, 0.15) is 0 Å². The van der Waals surface area contributed by atoms with Crippen LogP contribution in [0.1, 0.15) is 29.3 Å². The normalized spacial score (nSPS) is 14.5. The largest absolute Gasteiger partial charge is 0.369 e. The van der Waals surface area contributed by atoms with Crippen molar-refractivity contribution in [2.45, 2.75) is 19.8 Å². The summed E-state index contributed by atoms with van der Waals surface area (Å²) in [6, 6.07) is 17.8. The SMILES string of the molecule is CCc1ccc(C(=O)NNC(=O)CCN2CCN(c3ccccc3)CC2)cc1. The predicted octanol–water partition coefficient (Wildman–Crippen LogP) is 2.22. The average Bonchev–Trinajstić information content (AvgIpc) is 2.77. The van der Waals surface area contributed by atoms with E-state index in [0.717, 1.165) is 32.6 Å². The van der Waals surface area contributed by atoms with Gasteiger partial charge in [-0.15, -0.1) is 0 Å². The van der Waals surface area contributed by atoms with Gasteiger partial charge in [0.05, 0.1) is 0 Å². The number of para-hydroxylation sites is 1. The summed E-state index contributed by atoms with van der Waals surface area (Å²) in [5.74, 6) is -0.475. The van der Waals surface area contributed by atoms with Crippen molar-refractivity contribution in [2.75, 3.05) is 37.6 Å². The molecule has 2 aromatic carbocycles. The van der Waals surface area contributed by atoms with E-state index in [1.165, 1.54) is 11.3 Å². The van der Waals surface area contributed by atoms with Crippen molar-refractivity contribution in [1.82, 2.24) is 15.8 Å². The highest BCUT2D eigenvalue weighted by molar-refractivity contribution is 5.95. The van der Waals surface area contributed by atoms with E-state index in [2.05, 4.69) is 51.8 Å². The van der Waals surface area contributed by atoms with Gasteiger partial charge in [-0.1, -0.05) is 37.3 Å². The molecule has 148 valence electrons. The average molecular weight is 380 g/mol. The molecule has 0 aromatic heterocycles. The number of hydrogen-bond donors (Lipinski definition) is 2. The lowest BCUT2D eigenvalue weighted by Gasteiger charge is -2.36. The van der Waals surface area contributed by atoms with Crippen molar-refractivity contribution in [3.05, 3.63) is 65.7 Å². The van der Waals surface area contributed by atoms with Crippen LogP contribution in [0.15, 0.2) is 54.6 Å². The number of nitrogens with zero attached hydrogens (tertiary/aromatic N) is 2. The Labute approximate surface area is 166 Å². The molecule has 0 bridgehead atoms. The molecule has 6 heteroatoms. The molecule has 6 nitrogen and oxygen atoms in total. The molecular weight excluding hydrogens is 352 g/mol. The van der Waals surface area contributed by atoms with E-state index >= 15 is 0 Å². The highest BCUT2D eigenvalue weighted by Crippen LogP contribution is 2.15. The van der Waals surface area contributed by atoms with E-state index in [1.54, 1.807) is 12.1 Å². The zero-order valence-corrected chi connectivity index (χ0v) is 16.4. The summed E-state index contributed by atoms with van der Waals surface area (Å²) < 4.78 is 0. The molecule has 3 rings (SSSR count). The van der Waals surface area contributed by atoms with Gasteiger partial charge in [-0.3, -0.25) is 25.3 Å². The van der Waals surface area contributed by atoms with Crippen LogP contribution in [0.4, 0.5) is 5.69 Å². The molecule has 0 atom stereocenters. The van der Waals surface area contributed by atoms with Crippen LogP contribution in [0, 0.1) is 0 Å². The molecule has 1 saturated heterocycles. The first-order chi connectivity index (χ1) is 13.7. The van der Waals surface area contributed by atoms with E-state index in [1.807, 2.05) is 18.2 Å². The topological polar surface area (TPSA) is 64.7 Å². The first-order valence-corrected chi connectivity index (χ1v) is 9.86. The summed E-state index contributed by atoms with van der Waals surface area (Å²) in [4.78, 5) is 28.8. The number of amides is 2. The first kappa shape index (κ1) is 19.9. The van der Waals surface area contributed by atoms with Gasteiger partial charge in [0, 0.05) is 50.4 Å². The Morgan fingerprint density at radius 3 is 2.21 bits per heavy atom. The summed E-state index contributed by atoms with van der Waals surface area (Å²) >= 11 is 0. The van der Waals surface area contributed by atoms with Crippen molar-refractivity contribution in [2.24, 2.45) is 0 Å². The molecule has 28 heavy (non-hydrogen) atoms. The molecule has 0 saturated carbocycles. The van der Waals surface area contributed by atoms with Crippen LogP contribution < -0.4 is 15.8 Å². The van der Waals surface area contributed by atoms with Gasteiger partial charge < -0.3 is 4.90 Å². The molecule has 1 aliphatic heterocycles. The van der Waals surface area contributed by atoms with Crippen molar-refractivity contribution in [3.8, 4) is 0 Å². The lowest BCUT2D eigenvalue weighted by molar-refractivity contribution is -0.122. The second kappa shape index (κ2) is 9.90. The lowest BCUT2D eigenvalue weighted by Crippen LogP contribution is -2.48. The van der Waals surface area contributed by atoms with Gasteiger partial charge in [-0.2, -0.15) is 0 Å². The number of benzene rings is 2. The number of rotatable bonds is 6. The molecule has 0 aliphatic carbocycles. The minimum absolute atomic E-state index is 0.177. The van der Waals surface area contributed by atoms with Gasteiger partial charge in [0.15, 0.2) is 0 Å². The fourth-order valence-electron chi connectivity index (χ4n) is 3.28. The van der Waals surface area contributed by atoms with Crippen LogP contribution in [-0.2, 0) is 11.2 Å². The fourth-order valence-corrected chi connectivity index (χ4v) is 3.28. The standard InChI is InChI=1S/C22H28N4O2/c1-2-18-8-10-19(11-9-18)22(28)24-23-21(27)12-13-25-14-16-26(17-15-25)20-6-4-3-5-7-20/h3-11H,2,12-17H2,1H3,(H,23,27)(H,24,28). The molecule has 0 spiro atoms. The van der Waals surface area contributed by atoms with E-state index < -0.39 is 0 Å². The number of nitrogens with one attached hydrogen (secondary N) is 2. The molecule has 1 fully saturated rings. The molecular formula is C22H28N4O2. The molecule has 2 amide bonds. The number of carbonyl (C=O) groups excluding carboxylic acids is 2. The Hall–Kier alpha value is -2.86. The van der Waals surface area contributed by atoms with Gasteiger partial charge in [0.2, 0.25) is 5.91 Å². The third-order valence-electron chi connectivity index (χ3n) is 5.09. The Balaban J connectivity index is 1.35. The van der Waals surface area contributed by atoms with Crippen LogP contribution in [-0.4, -0.2) is 49.4 Å². The number of aryl methyl sites for hydroxylation is 1. The summed E-state index contributed by atoms with van der Waals surface area (Å²) in [5.41, 5.74) is 7.95. The Bertz CT molecular complexity index is 769. The third-order valence-corrected chi connectivity index (χ3v) is 5.09.